The first kappa shape index (κ1) is 21.3. The molecule has 0 spiro atoms. The van der Waals surface area contributed by atoms with E-state index in [1.165, 1.54) is 4.31 Å². The number of carbonyl (C=O) groups excluding carboxylic acids is 1. The second-order valence-corrected chi connectivity index (χ2v) is 9.86. The van der Waals surface area contributed by atoms with Crippen LogP contribution in [0.15, 0.2) is 71.9 Å². The minimum Gasteiger partial charge on any atom is -0.336 e. The highest BCUT2D eigenvalue weighted by molar-refractivity contribution is 7.89. The molecule has 1 amide bonds. The maximum absolute atomic E-state index is 13.0. The number of piperazine rings is 1. The Labute approximate surface area is 183 Å². The predicted molar refractivity (Wildman–Crippen MR) is 119 cm³/mol. The van der Waals surface area contributed by atoms with Crippen LogP contribution in [-0.2, 0) is 10.0 Å². The number of hydrogen-bond donors (Lipinski definition) is 0. The van der Waals surface area contributed by atoms with Crippen LogP contribution in [0.5, 0.6) is 0 Å². The molecule has 0 atom stereocenters. The fourth-order valence-electron chi connectivity index (χ4n) is 3.67. The number of benzene rings is 2. The maximum atomic E-state index is 13.0. The van der Waals surface area contributed by atoms with E-state index < -0.39 is 10.0 Å². The lowest BCUT2D eigenvalue weighted by Gasteiger charge is -2.34. The smallest absolute Gasteiger partial charge is 0.253 e. The van der Waals surface area contributed by atoms with Gasteiger partial charge in [-0.15, -0.1) is 0 Å². The van der Waals surface area contributed by atoms with Gasteiger partial charge < -0.3 is 4.90 Å². The molecule has 0 unspecified atom stereocenters. The average molecular weight is 439 g/mol. The Hall–Kier alpha value is -2.97. The topological polar surface area (TPSA) is 75.5 Å². The lowest BCUT2D eigenvalue weighted by molar-refractivity contribution is 0.0698. The number of carbonyl (C=O) groups is 1. The zero-order chi connectivity index (χ0) is 22.0. The van der Waals surface area contributed by atoms with E-state index in [4.69, 9.17) is 0 Å². The summed E-state index contributed by atoms with van der Waals surface area (Å²) in [5.74, 6) is 0.255. The predicted octanol–water partition coefficient (Wildman–Crippen LogP) is 3.14. The molecule has 1 aromatic heterocycles. The van der Waals surface area contributed by atoms with E-state index in [0.29, 0.717) is 29.5 Å². The molecule has 0 saturated carbocycles. The van der Waals surface area contributed by atoms with Gasteiger partial charge in [-0.2, -0.15) is 9.40 Å². The summed E-state index contributed by atoms with van der Waals surface area (Å²) in [6.07, 6.45) is 3.54. The van der Waals surface area contributed by atoms with Crippen LogP contribution in [0, 0.1) is 0 Å². The normalized spacial score (nSPS) is 15.4. The Kier molecular flexibility index (Phi) is 5.93. The molecule has 2 aromatic carbocycles. The first-order chi connectivity index (χ1) is 14.9. The molecule has 0 aliphatic carbocycles. The second-order valence-electron chi connectivity index (χ2n) is 7.92. The van der Waals surface area contributed by atoms with Crippen molar-refractivity contribution in [1.82, 2.24) is 19.0 Å². The standard InChI is InChI=1S/C23H26N4O3S/c1-18(2)19-6-10-22(11-7-19)31(29,30)26-16-14-25(15-17-26)23(28)20-4-8-21(9-5-20)27-13-3-12-24-27/h3-13,18H,14-17H2,1-2H3. The van der Waals surface area contributed by atoms with Crippen LogP contribution in [0.25, 0.3) is 5.69 Å². The maximum Gasteiger partial charge on any atom is 0.253 e. The number of nitrogens with zero attached hydrogens (tertiary/aromatic N) is 4. The van der Waals surface area contributed by atoms with Crippen LogP contribution in [0.3, 0.4) is 0 Å². The molecule has 2 heterocycles. The SMILES string of the molecule is CC(C)c1ccc(S(=O)(=O)N2CCN(C(=O)c3ccc(-n4cccn4)cc3)CC2)cc1. The first-order valence-electron chi connectivity index (χ1n) is 10.4. The van der Waals surface area contributed by atoms with Crippen LogP contribution in [0.2, 0.25) is 0 Å². The van der Waals surface area contributed by atoms with E-state index in [2.05, 4.69) is 18.9 Å². The summed E-state index contributed by atoms with van der Waals surface area (Å²) in [5.41, 5.74) is 2.56. The van der Waals surface area contributed by atoms with Gasteiger partial charge in [-0.3, -0.25) is 4.79 Å². The summed E-state index contributed by atoms with van der Waals surface area (Å²) in [5, 5.41) is 4.18. The van der Waals surface area contributed by atoms with Gasteiger partial charge in [-0.25, -0.2) is 13.1 Å². The minimum absolute atomic E-state index is 0.0923. The molecular formula is C23H26N4O3S. The first-order valence-corrected chi connectivity index (χ1v) is 11.8. The molecular weight excluding hydrogens is 412 g/mol. The van der Waals surface area contributed by atoms with E-state index >= 15 is 0 Å². The Morgan fingerprint density at radius 1 is 0.935 bits per heavy atom. The summed E-state index contributed by atoms with van der Waals surface area (Å²) >= 11 is 0. The fraction of sp³-hybridized carbons (Fsp3) is 0.304. The summed E-state index contributed by atoms with van der Waals surface area (Å²) in [6.45, 7) is 5.44. The van der Waals surface area contributed by atoms with Crippen LogP contribution in [-0.4, -0.2) is 59.5 Å². The van der Waals surface area contributed by atoms with E-state index in [1.54, 1.807) is 40.0 Å². The van der Waals surface area contributed by atoms with Gasteiger partial charge in [0.25, 0.3) is 5.91 Å². The Morgan fingerprint density at radius 3 is 2.13 bits per heavy atom. The van der Waals surface area contributed by atoms with Gasteiger partial charge in [-0.05, 0) is 53.9 Å². The zero-order valence-electron chi connectivity index (χ0n) is 17.7. The Bertz CT molecular complexity index is 1130. The van der Waals surface area contributed by atoms with Crippen molar-refractivity contribution in [3.63, 3.8) is 0 Å². The number of aromatic nitrogens is 2. The van der Waals surface area contributed by atoms with Gasteiger partial charge in [0.2, 0.25) is 10.0 Å². The van der Waals surface area contributed by atoms with Gasteiger partial charge in [-0.1, -0.05) is 26.0 Å². The van der Waals surface area contributed by atoms with Gasteiger partial charge in [0.1, 0.15) is 0 Å². The third kappa shape index (κ3) is 4.40. The van der Waals surface area contributed by atoms with Crippen LogP contribution in [0.1, 0.15) is 35.7 Å². The second kappa shape index (κ2) is 8.64. The highest BCUT2D eigenvalue weighted by Gasteiger charge is 2.30. The van der Waals surface area contributed by atoms with E-state index in [-0.39, 0.29) is 19.0 Å². The minimum atomic E-state index is -3.56. The number of rotatable bonds is 5. The molecule has 0 radical (unpaired) electrons. The molecule has 0 N–H and O–H groups in total. The molecule has 7 nitrogen and oxygen atoms in total. The van der Waals surface area contributed by atoms with E-state index in [1.807, 2.05) is 36.5 Å². The van der Waals surface area contributed by atoms with Crippen LogP contribution < -0.4 is 0 Å². The molecule has 8 heteroatoms. The lowest BCUT2D eigenvalue weighted by Crippen LogP contribution is -2.50. The average Bonchev–Trinajstić information content (AvgIpc) is 3.34. The number of amides is 1. The van der Waals surface area contributed by atoms with Crippen molar-refractivity contribution >= 4 is 15.9 Å². The molecule has 0 bridgehead atoms. The molecule has 1 fully saturated rings. The van der Waals surface area contributed by atoms with Gasteiger partial charge in [0.15, 0.2) is 0 Å². The highest BCUT2D eigenvalue weighted by Crippen LogP contribution is 2.22. The highest BCUT2D eigenvalue weighted by atomic mass is 32.2. The zero-order valence-corrected chi connectivity index (χ0v) is 18.5. The van der Waals surface area contributed by atoms with Gasteiger partial charge in [0.05, 0.1) is 10.6 Å². The third-order valence-electron chi connectivity index (χ3n) is 5.59. The Morgan fingerprint density at radius 2 is 1.58 bits per heavy atom. The summed E-state index contributed by atoms with van der Waals surface area (Å²) in [6, 6.07) is 16.2. The lowest BCUT2D eigenvalue weighted by atomic mass is 10.0. The van der Waals surface area contributed by atoms with Crippen molar-refractivity contribution < 1.29 is 13.2 Å². The van der Waals surface area contributed by atoms with Crippen molar-refractivity contribution in [2.24, 2.45) is 0 Å². The van der Waals surface area contributed by atoms with Crippen LogP contribution >= 0.6 is 0 Å². The largest absolute Gasteiger partial charge is 0.336 e. The van der Waals surface area contributed by atoms with Gasteiger partial charge in [0, 0.05) is 44.1 Å². The van der Waals surface area contributed by atoms with Crippen LogP contribution in [0.4, 0.5) is 0 Å². The molecule has 1 aliphatic heterocycles. The van der Waals surface area contributed by atoms with Crippen molar-refractivity contribution in [1.29, 1.82) is 0 Å². The molecule has 3 aromatic rings. The molecule has 162 valence electrons. The van der Waals surface area contributed by atoms with Gasteiger partial charge >= 0.3 is 0 Å². The Balaban J connectivity index is 1.40. The third-order valence-corrected chi connectivity index (χ3v) is 7.51. The monoisotopic (exact) mass is 438 g/mol. The summed E-state index contributed by atoms with van der Waals surface area (Å²) in [4.78, 5) is 14.9. The van der Waals surface area contributed by atoms with Crippen molar-refractivity contribution in [2.45, 2.75) is 24.7 Å². The van der Waals surface area contributed by atoms with Crippen molar-refractivity contribution in [3.05, 3.63) is 78.1 Å². The fourth-order valence-corrected chi connectivity index (χ4v) is 5.09. The quantitative estimate of drug-likeness (QED) is 0.613. The number of hydrogen-bond acceptors (Lipinski definition) is 4. The van der Waals surface area contributed by atoms with E-state index in [9.17, 15) is 13.2 Å². The molecule has 1 saturated heterocycles. The number of sulfonamides is 1. The van der Waals surface area contributed by atoms with E-state index in [0.717, 1.165) is 11.3 Å². The molecule has 1 aliphatic rings. The summed E-state index contributed by atoms with van der Waals surface area (Å²) < 4.78 is 29.1. The molecule has 4 rings (SSSR count). The van der Waals surface area contributed by atoms with Crippen molar-refractivity contribution in [3.8, 4) is 5.69 Å². The molecule has 31 heavy (non-hydrogen) atoms. The summed E-state index contributed by atoms with van der Waals surface area (Å²) in [7, 11) is -3.56. The van der Waals surface area contributed by atoms with Crippen molar-refractivity contribution in [2.75, 3.05) is 26.2 Å².